The topological polar surface area (TPSA) is 78.4 Å². The molecule has 2 N–H and O–H groups in total. The van der Waals surface area contributed by atoms with Crippen LogP contribution in [0, 0.1) is 34.0 Å². The first-order valence-corrected chi connectivity index (χ1v) is 13.7. The molecule has 36 heavy (non-hydrogen) atoms. The van der Waals surface area contributed by atoms with Crippen molar-refractivity contribution in [2.45, 2.75) is 50.5 Å². The second kappa shape index (κ2) is 6.39. The van der Waals surface area contributed by atoms with Crippen LogP contribution in [0.1, 0.15) is 60.1 Å². The molecule has 11 rings (SSSR count). The van der Waals surface area contributed by atoms with E-state index in [2.05, 4.69) is 30.8 Å². The number of nitrogens with zero attached hydrogens (tertiary/aromatic N) is 2. The highest BCUT2D eigenvalue weighted by atomic mass is 32.1. The number of nitriles is 1. The Balaban J connectivity index is 1.43. The van der Waals surface area contributed by atoms with Crippen molar-refractivity contribution in [3.8, 4) is 34.0 Å². The summed E-state index contributed by atoms with van der Waals surface area (Å²) in [5, 5.41) is 32.5. The number of fused-ring (bicyclic) bond motifs is 2. The Morgan fingerprint density at radius 3 is 2.39 bits per heavy atom. The van der Waals surface area contributed by atoms with E-state index in [9.17, 15) is 15.5 Å². The second-order valence-electron chi connectivity index (χ2n) is 12.0. The van der Waals surface area contributed by atoms with Crippen LogP contribution < -0.4 is 4.74 Å². The maximum absolute atomic E-state index is 11.7. The molecule has 7 saturated carbocycles. The summed E-state index contributed by atoms with van der Waals surface area (Å²) >= 11 is 1.84. The van der Waals surface area contributed by atoms with Gasteiger partial charge >= 0.3 is 0 Å². The molecule has 5 nitrogen and oxygen atoms in total. The van der Waals surface area contributed by atoms with E-state index in [1.54, 1.807) is 7.11 Å². The lowest BCUT2D eigenvalue weighted by atomic mass is 9.20. The van der Waals surface area contributed by atoms with Gasteiger partial charge in [-0.2, -0.15) is 5.26 Å². The summed E-state index contributed by atoms with van der Waals surface area (Å²) in [6.07, 6.45) is 7.32. The second-order valence-corrected chi connectivity index (χ2v) is 13.0. The Kier molecular flexibility index (Phi) is 3.72. The molecule has 0 saturated heterocycles. The molecule has 0 atom stereocenters. The van der Waals surface area contributed by atoms with E-state index in [4.69, 9.17) is 4.74 Å². The summed E-state index contributed by atoms with van der Waals surface area (Å²) in [6, 6.07) is 12.6. The predicted octanol–water partition coefficient (Wildman–Crippen LogP) is 6.42. The van der Waals surface area contributed by atoms with E-state index < -0.39 is 0 Å². The molecule has 6 heteroatoms. The van der Waals surface area contributed by atoms with E-state index in [1.807, 2.05) is 23.5 Å². The third-order valence-electron chi connectivity index (χ3n) is 10.5. The normalized spacial score (nSPS) is 34.3. The summed E-state index contributed by atoms with van der Waals surface area (Å²) in [5.74, 6) is 2.43. The van der Waals surface area contributed by atoms with Crippen molar-refractivity contribution in [2.75, 3.05) is 7.11 Å². The minimum atomic E-state index is -0.322. The van der Waals surface area contributed by atoms with Crippen molar-refractivity contribution in [3.05, 3.63) is 58.5 Å². The lowest BCUT2D eigenvalue weighted by Gasteiger charge is -2.83. The van der Waals surface area contributed by atoms with Crippen LogP contribution in [0.4, 0.5) is 0 Å². The average molecular weight is 497 g/mol. The van der Waals surface area contributed by atoms with Crippen LogP contribution in [0.15, 0.2) is 36.9 Å². The van der Waals surface area contributed by atoms with Crippen LogP contribution in [0.5, 0.6) is 17.5 Å². The lowest BCUT2D eigenvalue weighted by Crippen LogP contribution is -2.78. The molecule has 182 valence electrons. The molecule has 3 aromatic rings. The molecule has 2 heterocycles. The van der Waals surface area contributed by atoms with Gasteiger partial charge in [0, 0.05) is 20.7 Å². The molecule has 0 unspecified atom stereocenters. The lowest BCUT2D eigenvalue weighted by molar-refractivity contribution is -0.282. The van der Waals surface area contributed by atoms with E-state index >= 15 is 0 Å². The number of ether oxygens (including phenoxy) is 1. The first-order chi connectivity index (χ1) is 17.4. The number of thiophene rings is 1. The number of hydrogen-bond acceptors (Lipinski definition) is 5. The summed E-state index contributed by atoms with van der Waals surface area (Å²) < 4.78 is 6.77. The van der Waals surface area contributed by atoms with Gasteiger partial charge in [-0.1, -0.05) is 6.58 Å². The highest BCUT2D eigenvalue weighted by molar-refractivity contribution is 7.16. The molecule has 4 bridgehead atoms. The highest BCUT2D eigenvalue weighted by Crippen LogP contribution is 2.89. The first-order valence-electron chi connectivity index (χ1n) is 12.9. The average Bonchev–Trinajstić information content (AvgIpc) is 3.40. The van der Waals surface area contributed by atoms with Crippen LogP contribution in [0.3, 0.4) is 0 Å². The van der Waals surface area contributed by atoms with Gasteiger partial charge in [0.05, 0.1) is 18.7 Å². The fourth-order valence-corrected chi connectivity index (χ4v) is 11.7. The Hall–Kier alpha value is -3.17. The van der Waals surface area contributed by atoms with Crippen LogP contribution in [0.25, 0.3) is 16.0 Å². The Bertz CT molecular complexity index is 1490. The minimum absolute atomic E-state index is 0.0164. The Labute approximate surface area is 214 Å². The molecular weight excluding hydrogens is 468 g/mol. The quantitative estimate of drug-likeness (QED) is 0.439. The van der Waals surface area contributed by atoms with Gasteiger partial charge in [-0.15, -0.1) is 11.3 Å². The molecule has 8 aliphatic rings. The van der Waals surface area contributed by atoms with Gasteiger partial charge in [0.25, 0.3) is 0 Å². The zero-order chi connectivity index (χ0) is 24.6. The standard InChI is InChI=1S/C30H28N2O3S/c1-16-21-10-22(19-3-5-20(35-2)6-4-19)36-25(21)30(24-23(16)26(33)32(8-7-31)27(24)34)28-11-17-9-18(13-28)14-29(30,12-17)15-28/h3-6,10,17-18,33-34H,1,8-9,11-15H2,2H3. The summed E-state index contributed by atoms with van der Waals surface area (Å²) in [7, 11) is 1.68. The predicted molar refractivity (Wildman–Crippen MR) is 138 cm³/mol. The molecule has 0 amide bonds. The number of aromatic nitrogens is 1. The molecule has 0 radical (unpaired) electrons. The van der Waals surface area contributed by atoms with Gasteiger partial charge in [0.1, 0.15) is 12.3 Å². The van der Waals surface area contributed by atoms with Crippen molar-refractivity contribution >= 4 is 16.9 Å². The Morgan fingerprint density at radius 1 is 1.11 bits per heavy atom. The highest BCUT2D eigenvalue weighted by Gasteiger charge is 2.83. The van der Waals surface area contributed by atoms with Crippen molar-refractivity contribution in [1.29, 1.82) is 5.26 Å². The number of methoxy groups -OCH3 is 1. The van der Waals surface area contributed by atoms with E-state index in [1.165, 1.54) is 52.8 Å². The van der Waals surface area contributed by atoms with E-state index in [0.717, 1.165) is 39.8 Å². The smallest absolute Gasteiger partial charge is 0.203 e. The molecule has 8 aliphatic carbocycles. The van der Waals surface area contributed by atoms with Crippen LogP contribution in [-0.2, 0) is 12.0 Å². The molecule has 2 aromatic heterocycles. The number of aromatic hydroxyl groups is 2. The summed E-state index contributed by atoms with van der Waals surface area (Å²) in [5.41, 5.74) is 4.41. The largest absolute Gasteiger partial charge is 0.497 e. The summed E-state index contributed by atoms with van der Waals surface area (Å²) in [4.78, 5) is 2.50. The van der Waals surface area contributed by atoms with Crippen LogP contribution in [0.2, 0.25) is 0 Å². The van der Waals surface area contributed by atoms with E-state index in [0.29, 0.717) is 5.56 Å². The SMILES string of the molecule is C=C1c2cc(-c3ccc(OC)cc3)sc2C2(c3c1c(O)n(CC#N)c3O)C13CC4CC(C1)CC2(C4)C3. The minimum Gasteiger partial charge on any atom is -0.497 e. The van der Waals surface area contributed by atoms with Gasteiger partial charge in [0.15, 0.2) is 5.88 Å². The van der Waals surface area contributed by atoms with Gasteiger partial charge in [0.2, 0.25) is 5.88 Å². The molecule has 7 fully saturated rings. The summed E-state index contributed by atoms with van der Waals surface area (Å²) in [6.45, 7) is 4.38. The van der Waals surface area contributed by atoms with Gasteiger partial charge in [-0.25, -0.2) is 0 Å². The third kappa shape index (κ3) is 2.04. The van der Waals surface area contributed by atoms with Crippen molar-refractivity contribution in [1.82, 2.24) is 4.57 Å². The van der Waals surface area contributed by atoms with Gasteiger partial charge in [-0.05, 0) is 108 Å². The zero-order valence-electron chi connectivity index (χ0n) is 20.3. The third-order valence-corrected chi connectivity index (χ3v) is 11.8. The first kappa shape index (κ1) is 21.0. The number of hydrogen-bond donors (Lipinski definition) is 2. The van der Waals surface area contributed by atoms with Crippen molar-refractivity contribution < 1.29 is 14.9 Å². The number of benzene rings is 1. The maximum Gasteiger partial charge on any atom is 0.203 e. The van der Waals surface area contributed by atoms with Gasteiger partial charge in [-0.3, -0.25) is 4.57 Å². The monoisotopic (exact) mass is 496 g/mol. The van der Waals surface area contributed by atoms with Crippen molar-refractivity contribution in [3.63, 3.8) is 0 Å². The van der Waals surface area contributed by atoms with Gasteiger partial charge < -0.3 is 14.9 Å². The molecule has 0 aliphatic heterocycles. The molecule has 1 aromatic carbocycles. The Morgan fingerprint density at radius 2 is 1.78 bits per heavy atom. The molecular formula is C30H28N2O3S. The maximum atomic E-state index is 11.7. The van der Waals surface area contributed by atoms with Crippen molar-refractivity contribution in [2.24, 2.45) is 22.7 Å². The number of rotatable bonds is 3. The fraction of sp³-hybridized carbons (Fsp3) is 0.433. The van der Waals surface area contributed by atoms with E-state index in [-0.39, 0.29) is 34.5 Å². The van der Waals surface area contributed by atoms with Crippen LogP contribution >= 0.6 is 11.3 Å². The molecule has 3 spiro atoms. The van der Waals surface area contributed by atoms with Crippen LogP contribution in [-0.4, -0.2) is 21.9 Å². The fourth-order valence-electron chi connectivity index (χ4n) is 10.1. The zero-order valence-corrected chi connectivity index (χ0v) is 21.1.